The van der Waals surface area contributed by atoms with Crippen molar-refractivity contribution in [1.29, 1.82) is 0 Å². The molecule has 3 nitrogen and oxygen atoms in total. The average molecular weight is 172 g/mol. The van der Waals surface area contributed by atoms with Crippen LogP contribution in [0.15, 0.2) is 13.2 Å². The Morgan fingerprint density at radius 1 is 1.67 bits per heavy atom. The normalized spacial score (nSPS) is 9.33. The van der Waals surface area contributed by atoms with Crippen LogP contribution in [-0.4, -0.2) is 17.4 Å². The topological polar surface area (TPSA) is 46.5 Å². The molecule has 0 aliphatic carbocycles. The fourth-order valence-electron chi connectivity index (χ4n) is 0.113. The van der Waals surface area contributed by atoms with Crippen LogP contribution < -0.4 is 0 Å². The van der Waals surface area contributed by atoms with E-state index in [-0.39, 0.29) is 12.5 Å². The summed E-state index contributed by atoms with van der Waals surface area (Å²) in [6.45, 7) is 6.13. The lowest BCUT2D eigenvalue weighted by Gasteiger charge is -1.75. The van der Waals surface area contributed by atoms with Crippen molar-refractivity contribution in [3.05, 3.63) is 13.2 Å². The van der Waals surface area contributed by atoms with Gasteiger partial charge >= 0.3 is 8.25 Å². The molecule has 0 aromatic heterocycles. The molecule has 0 aliphatic rings. The molecule has 1 atom stereocenters. The summed E-state index contributed by atoms with van der Waals surface area (Å²) in [5.41, 5.74) is 0. The van der Waals surface area contributed by atoms with E-state index in [4.69, 9.17) is 16.5 Å². The van der Waals surface area contributed by atoms with Crippen molar-refractivity contribution in [1.82, 2.24) is 0 Å². The maximum atomic E-state index is 9.63. The first-order chi connectivity index (χ1) is 4.27. The smallest absolute Gasteiger partial charge is 0.133 e. The van der Waals surface area contributed by atoms with Crippen molar-refractivity contribution in [2.24, 2.45) is 0 Å². The summed E-state index contributed by atoms with van der Waals surface area (Å²) >= 11 is 5.08. The van der Waals surface area contributed by atoms with Gasteiger partial charge in [-0.05, 0) is 0 Å². The zero-order chi connectivity index (χ0) is 7.70. The van der Waals surface area contributed by atoms with Crippen molar-refractivity contribution >= 4 is 19.9 Å². The zero-order valence-corrected chi connectivity index (χ0v) is 6.57. The van der Waals surface area contributed by atoms with E-state index in [0.29, 0.717) is 0 Å². The van der Waals surface area contributed by atoms with Gasteiger partial charge in [0.15, 0.2) is 0 Å². The molecule has 0 rings (SSSR count). The highest BCUT2D eigenvalue weighted by Crippen LogP contribution is 2.12. The van der Waals surface area contributed by atoms with Crippen LogP contribution >= 0.6 is 19.9 Å². The minimum Gasteiger partial charge on any atom is -0.133 e. The fourth-order valence-corrected chi connectivity index (χ4v) is 0.545. The summed E-state index contributed by atoms with van der Waals surface area (Å²) in [6, 6.07) is 0. The van der Waals surface area contributed by atoms with Gasteiger partial charge in [0.05, 0.1) is 5.88 Å². The average Bonchev–Trinajstić information content (AvgIpc) is 1.88. The highest BCUT2D eigenvalue weighted by Gasteiger charge is 2.08. The largest absolute Gasteiger partial charge is 0.694 e. The van der Waals surface area contributed by atoms with Crippen LogP contribution in [-0.2, 0) is 9.09 Å². The molecule has 0 bridgehead atoms. The molecule has 0 spiro atoms. The van der Waals surface area contributed by atoms with E-state index >= 15 is 0 Å². The van der Waals surface area contributed by atoms with E-state index < -0.39 is 8.25 Å². The summed E-state index contributed by atoms with van der Waals surface area (Å²) in [5, 5.41) is 0. The molecule has 1 unspecified atom stereocenters. The third-order valence-corrected chi connectivity index (χ3v) is 0.837. The monoisotopic (exact) mass is 171 g/mol. The van der Waals surface area contributed by atoms with E-state index in [9.17, 15) is 4.57 Å². The lowest BCUT2D eigenvalue weighted by Crippen LogP contribution is -1.84. The first-order valence-corrected chi connectivity index (χ1v) is 3.79. The molecule has 9 heavy (non-hydrogen) atoms. The van der Waals surface area contributed by atoms with E-state index in [1.165, 1.54) is 0 Å². The summed E-state index contributed by atoms with van der Waals surface area (Å²) in [7, 11) is -2.44. The maximum Gasteiger partial charge on any atom is 0.694 e. The Balaban J connectivity index is 0. The van der Waals surface area contributed by atoms with Crippen LogP contribution in [0.25, 0.3) is 0 Å². The highest BCUT2D eigenvalue weighted by molar-refractivity contribution is 7.32. The first kappa shape index (κ1) is 11.8. The number of hydrogen-bond acceptors (Lipinski definition) is 2. The minimum atomic E-state index is -2.44. The fraction of sp³-hybridized carbons (Fsp3) is 0.500. The summed E-state index contributed by atoms with van der Waals surface area (Å²) in [4.78, 5) is 7.91. The molecule has 0 fully saturated rings. The third-order valence-electron chi connectivity index (χ3n) is 0.279. The van der Waals surface area contributed by atoms with Crippen LogP contribution in [0.4, 0.5) is 0 Å². The first-order valence-electron chi connectivity index (χ1n) is 2.12. The Labute approximate surface area is 60.2 Å². The van der Waals surface area contributed by atoms with Crippen molar-refractivity contribution < 1.29 is 14.0 Å². The molecule has 0 heterocycles. The molecule has 0 aliphatic heterocycles. The molecule has 5 heteroatoms. The third kappa shape index (κ3) is 18.0. The molecule has 1 N–H and O–H groups in total. The lowest BCUT2D eigenvalue weighted by atomic mass is 10.9. The van der Waals surface area contributed by atoms with Crippen LogP contribution in [0, 0.1) is 0 Å². The van der Waals surface area contributed by atoms with Gasteiger partial charge in [0.1, 0.15) is 6.61 Å². The number of rotatable bonds is 3. The van der Waals surface area contributed by atoms with Crippen LogP contribution in [0.3, 0.4) is 0 Å². The second kappa shape index (κ2) is 10.9. The number of halogens is 1. The molecular formula is C4H9ClO3P+. The molecule has 0 aromatic rings. The Bertz CT molecular complexity index is 78.2. The predicted molar refractivity (Wildman–Crippen MR) is 37.8 cm³/mol. The molecule has 0 saturated carbocycles. The maximum absolute atomic E-state index is 9.63. The van der Waals surface area contributed by atoms with Crippen LogP contribution in [0.5, 0.6) is 0 Å². The van der Waals surface area contributed by atoms with Crippen LogP contribution in [0.2, 0.25) is 0 Å². The minimum absolute atomic E-state index is 0.132. The number of hydrogen-bond donors (Lipinski definition) is 1. The van der Waals surface area contributed by atoms with Gasteiger partial charge in [-0.15, -0.1) is 34.2 Å². The molecule has 0 radical (unpaired) electrons. The number of alkyl halides is 1. The quantitative estimate of drug-likeness (QED) is 0.399. The summed E-state index contributed by atoms with van der Waals surface area (Å²) in [5.74, 6) is 0.252. The second-order valence-electron chi connectivity index (χ2n) is 0.760. The van der Waals surface area contributed by atoms with Gasteiger partial charge in [0, 0.05) is 4.57 Å². The molecule has 0 saturated heterocycles. The van der Waals surface area contributed by atoms with Gasteiger partial charge in [0.2, 0.25) is 0 Å². The SMILES string of the molecule is C=C.O=[P+](O)OCCCl. The van der Waals surface area contributed by atoms with E-state index in [1.54, 1.807) is 0 Å². The van der Waals surface area contributed by atoms with Gasteiger partial charge in [0.25, 0.3) is 0 Å². The van der Waals surface area contributed by atoms with Crippen molar-refractivity contribution in [2.45, 2.75) is 0 Å². The summed E-state index contributed by atoms with van der Waals surface area (Å²) < 4.78 is 13.7. The Hall–Kier alpha value is 0.0500. The highest BCUT2D eigenvalue weighted by atomic mass is 35.5. The van der Waals surface area contributed by atoms with Crippen molar-refractivity contribution in [2.75, 3.05) is 12.5 Å². The molecular weight excluding hydrogens is 162 g/mol. The van der Waals surface area contributed by atoms with Gasteiger partial charge in [-0.3, -0.25) is 0 Å². The standard InChI is InChI=1S/C2H4ClO3P.C2H4/c3-1-2-6-7(4)5;1-2/h1-2H2;1-2H2/p+1. The molecule has 0 amide bonds. The van der Waals surface area contributed by atoms with E-state index in [2.05, 4.69) is 17.7 Å². The lowest BCUT2D eigenvalue weighted by molar-refractivity contribution is 0.299. The van der Waals surface area contributed by atoms with Gasteiger partial charge in [-0.1, -0.05) is 0 Å². The van der Waals surface area contributed by atoms with Crippen molar-refractivity contribution in [3.63, 3.8) is 0 Å². The second-order valence-corrected chi connectivity index (χ2v) is 1.87. The summed E-state index contributed by atoms with van der Waals surface area (Å²) in [6.07, 6.45) is 0. The Morgan fingerprint density at radius 3 is 2.22 bits per heavy atom. The van der Waals surface area contributed by atoms with Crippen molar-refractivity contribution in [3.8, 4) is 0 Å². The predicted octanol–water partition coefficient (Wildman–Crippen LogP) is 1.69. The van der Waals surface area contributed by atoms with Gasteiger partial charge in [-0.25, -0.2) is 0 Å². The van der Waals surface area contributed by atoms with E-state index in [0.717, 1.165) is 0 Å². The zero-order valence-electron chi connectivity index (χ0n) is 4.92. The van der Waals surface area contributed by atoms with Gasteiger partial charge in [-0.2, -0.15) is 0 Å². The molecule has 54 valence electrons. The van der Waals surface area contributed by atoms with Crippen LogP contribution in [0.1, 0.15) is 0 Å². The Morgan fingerprint density at radius 2 is 2.11 bits per heavy atom. The molecule has 0 aromatic carbocycles. The van der Waals surface area contributed by atoms with E-state index in [1.807, 2.05) is 0 Å². The Kier molecular flexibility index (Phi) is 14.3. The van der Waals surface area contributed by atoms with Gasteiger partial charge < -0.3 is 0 Å².